The van der Waals surface area contributed by atoms with E-state index in [2.05, 4.69) is 26.0 Å². The third-order valence-corrected chi connectivity index (χ3v) is 3.37. The van der Waals surface area contributed by atoms with Gasteiger partial charge in [-0.05, 0) is 17.7 Å². The Balaban J connectivity index is 2.24. The molecule has 0 bridgehead atoms. The molecule has 3 rings (SSSR count). The van der Waals surface area contributed by atoms with E-state index < -0.39 is 0 Å². The van der Waals surface area contributed by atoms with Crippen LogP contribution in [0.2, 0.25) is 0 Å². The van der Waals surface area contributed by atoms with Gasteiger partial charge >= 0.3 is 0 Å². The zero-order valence-corrected chi connectivity index (χ0v) is 11.3. The molecular weight excluding hydrogens is 306 g/mol. The highest BCUT2D eigenvalue weighted by atomic mass is 79.9. The van der Waals surface area contributed by atoms with Gasteiger partial charge in [0.05, 0.1) is 12.4 Å². The van der Waals surface area contributed by atoms with Crippen molar-refractivity contribution in [2.75, 3.05) is 5.73 Å². The lowest BCUT2D eigenvalue weighted by atomic mass is 10.1. The van der Waals surface area contributed by atoms with Crippen LogP contribution in [0.25, 0.3) is 16.8 Å². The summed E-state index contributed by atoms with van der Waals surface area (Å²) in [5.74, 6) is 0.302. The van der Waals surface area contributed by atoms with Gasteiger partial charge < -0.3 is 5.73 Å². The predicted molar refractivity (Wildman–Crippen MR) is 75.3 cm³/mol. The average molecular weight is 314 g/mol. The standard InChI is InChI=1S/C13H8BrN5/c14-10-3-1-8(2-4-10)11-7-18-19-12(16)9(5-15)6-17-13(11)19/h1-4,6-7H,16H2. The molecule has 0 unspecified atom stereocenters. The highest BCUT2D eigenvalue weighted by Gasteiger charge is 2.12. The minimum atomic E-state index is 0.302. The van der Waals surface area contributed by atoms with Gasteiger partial charge in [0.25, 0.3) is 0 Å². The number of benzene rings is 1. The first-order chi connectivity index (χ1) is 9.20. The molecule has 0 amide bonds. The van der Waals surface area contributed by atoms with Crippen LogP contribution in [0.5, 0.6) is 0 Å². The van der Waals surface area contributed by atoms with Crippen LogP contribution in [-0.4, -0.2) is 14.6 Å². The Morgan fingerprint density at radius 1 is 1.21 bits per heavy atom. The zero-order chi connectivity index (χ0) is 13.4. The number of rotatable bonds is 1. The Labute approximate surface area is 117 Å². The predicted octanol–water partition coefficient (Wildman–Crippen LogP) is 2.61. The number of fused-ring (bicyclic) bond motifs is 1. The van der Waals surface area contributed by atoms with Gasteiger partial charge in [0.2, 0.25) is 0 Å². The van der Waals surface area contributed by atoms with Gasteiger partial charge in [0, 0.05) is 10.0 Å². The Bertz CT molecular complexity index is 798. The van der Waals surface area contributed by atoms with Gasteiger partial charge in [0.1, 0.15) is 17.5 Å². The molecule has 2 N–H and O–H groups in total. The SMILES string of the molecule is N#Cc1cnc2c(-c3ccc(Br)cc3)cnn2c1N. The van der Waals surface area contributed by atoms with Gasteiger partial charge in [-0.15, -0.1) is 0 Å². The van der Waals surface area contributed by atoms with Crippen LogP contribution in [0.4, 0.5) is 5.82 Å². The first-order valence-corrected chi connectivity index (χ1v) is 6.28. The largest absolute Gasteiger partial charge is 0.382 e. The van der Waals surface area contributed by atoms with E-state index in [0.29, 0.717) is 17.0 Å². The molecule has 5 nitrogen and oxygen atoms in total. The maximum atomic E-state index is 8.92. The van der Waals surface area contributed by atoms with Crippen molar-refractivity contribution in [1.29, 1.82) is 5.26 Å². The molecular formula is C13H8BrN5. The van der Waals surface area contributed by atoms with Crippen LogP contribution in [0, 0.1) is 11.3 Å². The second-order valence-electron chi connectivity index (χ2n) is 3.97. The lowest BCUT2D eigenvalue weighted by molar-refractivity contribution is 0.948. The molecule has 19 heavy (non-hydrogen) atoms. The summed E-state index contributed by atoms with van der Waals surface area (Å²) in [4.78, 5) is 4.26. The van der Waals surface area contributed by atoms with Crippen LogP contribution < -0.4 is 5.73 Å². The number of aromatic nitrogens is 3. The van der Waals surface area contributed by atoms with E-state index >= 15 is 0 Å². The fourth-order valence-corrected chi connectivity index (χ4v) is 2.13. The summed E-state index contributed by atoms with van der Waals surface area (Å²) in [6.45, 7) is 0. The molecule has 92 valence electrons. The van der Waals surface area contributed by atoms with Crippen molar-refractivity contribution in [3.8, 4) is 17.2 Å². The van der Waals surface area contributed by atoms with Crippen LogP contribution in [-0.2, 0) is 0 Å². The van der Waals surface area contributed by atoms with Crippen molar-refractivity contribution in [2.45, 2.75) is 0 Å². The third kappa shape index (κ3) is 1.84. The first-order valence-electron chi connectivity index (χ1n) is 5.49. The van der Waals surface area contributed by atoms with Crippen molar-refractivity contribution in [3.05, 3.63) is 46.7 Å². The molecule has 0 aliphatic rings. The number of hydrogen-bond donors (Lipinski definition) is 1. The van der Waals surface area contributed by atoms with Crippen LogP contribution in [0.1, 0.15) is 5.56 Å². The molecule has 0 saturated heterocycles. The van der Waals surface area contributed by atoms with Gasteiger partial charge in [-0.2, -0.15) is 14.9 Å². The van der Waals surface area contributed by atoms with E-state index in [1.165, 1.54) is 10.7 Å². The molecule has 6 heteroatoms. The van der Waals surface area contributed by atoms with E-state index in [4.69, 9.17) is 11.0 Å². The fourth-order valence-electron chi connectivity index (χ4n) is 1.87. The molecule has 0 fully saturated rings. The Morgan fingerprint density at radius 2 is 1.95 bits per heavy atom. The van der Waals surface area contributed by atoms with E-state index in [1.807, 2.05) is 30.3 Å². The van der Waals surface area contributed by atoms with Crippen LogP contribution >= 0.6 is 15.9 Å². The van der Waals surface area contributed by atoms with Crippen LogP contribution in [0.3, 0.4) is 0 Å². The maximum Gasteiger partial charge on any atom is 0.165 e. The summed E-state index contributed by atoms with van der Waals surface area (Å²) in [5.41, 5.74) is 8.70. The minimum absolute atomic E-state index is 0.302. The molecule has 0 radical (unpaired) electrons. The van der Waals surface area contributed by atoms with Crippen molar-refractivity contribution < 1.29 is 0 Å². The van der Waals surface area contributed by atoms with Crippen molar-refractivity contribution >= 4 is 27.4 Å². The molecule has 1 aromatic carbocycles. The monoisotopic (exact) mass is 313 g/mol. The highest BCUT2D eigenvalue weighted by molar-refractivity contribution is 9.10. The second-order valence-corrected chi connectivity index (χ2v) is 4.89. The number of nitriles is 1. The lowest BCUT2D eigenvalue weighted by Gasteiger charge is -2.02. The van der Waals surface area contributed by atoms with E-state index in [1.54, 1.807) is 6.20 Å². The van der Waals surface area contributed by atoms with Crippen molar-refractivity contribution in [2.24, 2.45) is 0 Å². The Morgan fingerprint density at radius 3 is 2.63 bits per heavy atom. The molecule has 0 saturated carbocycles. The summed E-state index contributed by atoms with van der Waals surface area (Å²) < 4.78 is 2.49. The Hall–Kier alpha value is -2.39. The van der Waals surface area contributed by atoms with E-state index in [9.17, 15) is 0 Å². The van der Waals surface area contributed by atoms with Crippen molar-refractivity contribution in [3.63, 3.8) is 0 Å². The van der Waals surface area contributed by atoms with E-state index in [-0.39, 0.29) is 0 Å². The molecule has 3 aromatic rings. The highest BCUT2D eigenvalue weighted by Crippen LogP contribution is 2.26. The Kier molecular flexibility index (Phi) is 2.69. The molecule has 2 heterocycles. The molecule has 2 aromatic heterocycles. The number of halogens is 1. The summed E-state index contributed by atoms with van der Waals surface area (Å²) in [5, 5.41) is 13.1. The topological polar surface area (TPSA) is 80.0 Å². The third-order valence-electron chi connectivity index (χ3n) is 2.84. The summed E-state index contributed by atoms with van der Waals surface area (Å²) in [7, 11) is 0. The number of nitrogens with two attached hydrogens (primary N) is 1. The summed E-state index contributed by atoms with van der Waals surface area (Å²) in [6.07, 6.45) is 3.16. The molecule has 0 spiro atoms. The normalized spacial score (nSPS) is 10.5. The second kappa shape index (κ2) is 4.37. The molecule has 0 aliphatic carbocycles. The van der Waals surface area contributed by atoms with Gasteiger partial charge in [-0.25, -0.2) is 4.98 Å². The smallest absolute Gasteiger partial charge is 0.165 e. The first kappa shape index (κ1) is 11.7. The number of nitrogens with zero attached hydrogens (tertiary/aromatic N) is 4. The number of anilines is 1. The van der Waals surface area contributed by atoms with Gasteiger partial charge in [-0.1, -0.05) is 28.1 Å². The van der Waals surface area contributed by atoms with E-state index in [0.717, 1.165) is 15.6 Å². The van der Waals surface area contributed by atoms with Gasteiger partial charge in [-0.3, -0.25) is 0 Å². The minimum Gasteiger partial charge on any atom is -0.382 e. The average Bonchev–Trinajstić information content (AvgIpc) is 2.85. The number of hydrogen-bond acceptors (Lipinski definition) is 4. The lowest BCUT2D eigenvalue weighted by Crippen LogP contribution is -2.02. The number of nitrogen functional groups attached to an aromatic ring is 1. The quantitative estimate of drug-likeness (QED) is 0.749. The zero-order valence-electron chi connectivity index (χ0n) is 9.71. The maximum absolute atomic E-state index is 8.92. The molecule has 0 aliphatic heterocycles. The van der Waals surface area contributed by atoms with Crippen LogP contribution in [0.15, 0.2) is 41.1 Å². The summed E-state index contributed by atoms with van der Waals surface area (Å²) in [6, 6.07) is 9.83. The molecule has 0 atom stereocenters. The fraction of sp³-hybridized carbons (Fsp3) is 0. The van der Waals surface area contributed by atoms with Crippen molar-refractivity contribution in [1.82, 2.24) is 14.6 Å². The summed E-state index contributed by atoms with van der Waals surface area (Å²) >= 11 is 3.40. The van der Waals surface area contributed by atoms with Gasteiger partial charge in [0.15, 0.2) is 5.65 Å².